The summed E-state index contributed by atoms with van der Waals surface area (Å²) >= 11 is 0. The van der Waals surface area contributed by atoms with Gasteiger partial charge in [0.1, 0.15) is 0 Å². The van der Waals surface area contributed by atoms with E-state index >= 15 is 0 Å². The molecule has 0 spiro atoms. The van der Waals surface area contributed by atoms with Gasteiger partial charge in [-0.2, -0.15) is 0 Å². The van der Waals surface area contributed by atoms with Crippen LogP contribution in [0.4, 0.5) is 0 Å². The van der Waals surface area contributed by atoms with Gasteiger partial charge in [-0.05, 0) is 12.5 Å². The van der Waals surface area contributed by atoms with Gasteiger partial charge in [-0.1, -0.05) is 30.3 Å². The number of benzene rings is 1. The molecule has 5 heteroatoms. The van der Waals surface area contributed by atoms with Crippen LogP contribution in [0.3, 0.4) is 0 Å². The third-order valence-corrected chi connectivity index (χ3v) is 3.58. The number of morpholine rings is 1. The van der Waals surface area contributed by atoms with Crippen LogP contribution in [-0.4, -0.2) is 49.2 Å². The van der Waals surface area contributed by atoms with Crippen LogP contribution in [-0.2, 0) is 16.1 Å². The zero-order valence-electron chi connectivity index (χ0n) is 11.9. The summed E-state index contributed by atoms with van der Waals surface area (Å²) in [6.45, 7) is 4.88. The Morgan fingerprint density at radius 3 is 2.90 bits per heavy atom. The minimum absolute atomic E-state index is 0.0353. The summed E-state index contributed by atoms with van der Waals surface area (Å²) in [5.41, 5.74) is 6.73. The molecule has 3 N–H and O–H groups in total. The monoisotopic (exact) mass is 277 g/mol. The number of amides is 1. The smallest absolute Gasteiger partial charge is 0.234 e. The summed E-state index contributed by atoms with van der Waals surface area (Å²) in [7, 11) is 0. The second-order valence-electron chi connectivity index (χ2n) is 5.23. The van der Waals surface area contributed by atoms with Crippen molar-refractivity contribution >= 4 is 5.91 Å². The fourth-order valence-corrected chi connectivity index (χ4v) is 2.27. The number of rotatable bonds is 5. The zero-order chi connectivity index (χ0) is 14.4. The van der Waals surface area contributed by atoms with Crippen molar-refractivity contribution in [1.82, 2.24) is 10.2 Å². The van der Waals surface area contributed by atoms with Gasteiger partial charge >= 0.3 is 0 Å². The Hall–Kier alpha value is -1.43. The second-order valence-corrected chi connectivity index (χ2v) is 5.23. The topological polar surface area (TPSA) is 67.6 Å². The van der Waals surface area contributed by atoms with Crippen molar-refractivity contribution in [1.29, 1.82) is 0 Å². The van der Waals surface area contributed by atoms with E-state index in [1.165, 1.54) is 0 Å². The first kappa shape index (κ1) is 15.0. The average Bonchev–Trinajstić information content (AvgIpc) is 2.48. The lowest BCUT2D eigenvalue weighted by atomic mass is 10.2. The highest BCUT2D eigenvalue weighted by molar-refractivity contribution is 5.78. The summed E-state index contributed by atoms with van der Waals surface area (Å²) in [5, 5.41) is 2.95. The van der Waals surface area contributed by atoms with Crippen molar-refractivity contribution in [2.45, 2.75) is 25.6 Å². The molecule has 2 rings (SSSR count). The van der Waals surface area contributed by atoms with Crippen LogP contribution in [0.1, 0.15) is 12.5 Å². The molecule has 5 nitrogen and oxygen atoms in total. The van der Waals surface area contributed by atoms with Crippen molar-refractivity contribution in [2.75, 3.05) is 26.2 Å². The lowest BCUT2D eigenvalue weighted by Crippen LogP contribution is -2.53. The minimum Gasteiger partial charge on any atom is -0.374 e. The molecular weight excluding hydrogens is 254 g/mol. The average molecular weight is 277 g/mol. The Labute approximate surface area is 120 Å². The summed E-state index contributed by atoms with van der Waals surface area (Å²) in [6.07, 6.45) is 0.0353. The van der Waals surface area contributed by atoms with E-state index in [0.29, 0.717) is 26.2 Å². The SMILES string of the molecule is CC1COC(CN)CN1CC(=O)NCc1ccccc1. The molecule has 110 valence electrons. The van der Waals surface area contributed by atoms with Gasteiger partial charge in [0.05, 0.1) is 19.3 Å². The molecule has 20 heavy (non-hydrogen) atoms. The number of hydrogen-bond acceptors (Lipinski definition) is 4. The number of nitrogens with two attached hydrogens (primary N) is 1. The third kappa shape index (κ3) is 4.30. The predicted octanol–water partition coefficient (Wildman–Crippen LogP) is 0.351. The van der Waals surface area contributed by atoms with Gasteiger partial charge in [0.25, 0.3) is 0 Å². The number of nitrogens with zero attached hydrogens (tertiary/aromatic N) is 1. The molecule has 1 aliphatic rings. The fraction of sp³-hybridized carbons (Fsp3) is 0.533. The molecule has 1 aromatic carbocycles. The number of ether oxygens (including phenoxy) is 1. The Balaban J connectivity index is 1.78. The molecule has 1 saturated heterocycles. The molecular formula is C15H23N3O2. The van der Waals surface area contributed by atoms with E-state index in [9.17, 15) is 4.79 Å². The zero-order valence-corrected chi connectivity index (χ0v) is 11.9. The van der Waals surface area contributed by atoms with E-state index in [0.717, 1.165) is 12.1 Å². The van der Waals surface area contributed by atoms with Crippen molar-refractivity contribution in [3.8, 4) is 0 Å². The first-order valence-corrected chi connectivity index (χ1v) is 7.05. The van der Waals surface area contributed by atoms with Gasteiger partial charge in [-0.25, -0.2) is 0 Å². The molecule has 2 unspecified atom stereocenters. The molecule has 1 amide bonds. The molecule has 0 bridgehead atoms. The molecule has 2 atom stereocenters. The molecule has 1 fully saturated rings. The van der Waals surface area contributed by atoms with Crippen LogP contribution >= 0.6 is 0 Å². The lowest BCUT2D eigenvalue weighted by molar-refractivity contribution is -0.126. The first-order chi connectivity index (χ1) is 9.69. The van der Waals surface area contributed by atoms with Gasteiger partial charge in [0.15, 0.2) is 0 Å². The summed E-state index contributed by atoms with van der Waals surface area (Å²) in [6, 6.07) is 10.2. The van der Waals surface area contributed by atoms with Crippen LogP contribution in [0.15, 0.2) is 30.3 Å². The molecule has 0 aliphatic carbocycles. The van der Waals surface area contributed by atoms with Crippen LogP contribution < -0.4 is 11.1 Å². The standard InChI is InChI=1S/C15H23N3O2/c1-12-11-20-14(7-16)9-18(12)10-15(19)17-8-13-5-3-2-4-6-13/h2-6,12,14H,7-11,16H2,1H3,(H,17,19). The van der Waals surface area contributed by atoms with Crippen molar-refractivity contribution < 1.29 is 9.53 Å². The quantitative estimate of drug-likeness (QED) is 0.815. The van der Waals surface area contributed by atoms with Gasteiger partial charge in [-0.15, -0.1) is 0 Å². The van der Waals surface area contributed by atoms with Gasteiger partial charge in [0.2, 0.25) is 5.91 Å². The van der Waals surface area contributed by atoms with Crippen LogP contribution in [0.5, 0.6) is 0 Å². The summed E-state index contributed by atoms with van der Waals surface area (Å²) in [5.74, 6) is 0.0402. The second kappa shape index (κ2) is 7.38. The highest BCUT2D eigenvalue weighted by Gasteiger charge is 2.26. The number of carbonyl (C=O) groups excluding carboxylic acids is 1. The molecule has 0 saturated carbocycles. The van der Waals surface area contributed by atoms with E-state index in [4.69, 9.17) is 10.5 Å². The first-order valence-electron chi connectivity index (χ1n) is 7.05. The number of hydrogen-bond donors (Lipinski definition) is 2. The van der Waals surface area contributed by atoms with Crippen molar-refractivity contribution in [2.24, 2.45) is 5.73 Å². The van der Waals surface area contributed by atoms with Crippen LogP contribution in [0.25, 0.3) is 0 Å². The predicted molar refractivity (Wildman–Crippen MR) is 78.1 cm³/mol. The maximum Gasteiger partial charge on any atom is 0.234 e. The van der Waals surface area contributed by atoms with Gasteiger partial charge in [0, 0.05) is 25.7 Å². The molecule has 1 heterocycles. The van der Waals surface area contributed by atoms with E-state index < -0.39 is 0 Å². The van der Waals surface area contributed by atoms with Crippen LogP contribution in [0, 0.1) is 0 Å². The van der Waals surface area contributed by atoms with Gasteiger partial charge < -0.3 is 15.8 Å². The van der Waals surface area contributed by atoms with E-state index in [2.05, 4.69) is 17.1 Å². The lowest BCUT2D eigenvalue weighted by Gasteiger charge is -2.37. The number of nitrogens with one attached hydrogen (secondary N) is 1. The largest absolute Gasteiger partial charge is 0.374 e. The maximum atomic E-state index is 12.0. The van der Waals surface area contributed by atoms with E-state index in [1.54, 1.807) is 0 Å². The molecule has 1 aromatic rings. The Bertz CT molecular complexity index is 424. The fourth-order valence-electron chi connectivity index (χ4n) is 2.27. The van der Waals surface area contributed by atoms with Crippen molar-refractivity contribution in [3.63, 3.8) is 0 Å². The summed E-state index contributed by atoms with van der Waals surface area (Å²) < 4.78 is 5.58. The van der Waals surface area contributed by atoms with E-state index in [-0.39, 0.29) is 18.1 Å². The maximum absolute atomic E-state index is 12.0. The molecule has 0 aromatic heterocycles. The third-order valence-electron chi connectivity index (χ3n) is 3.58. The normalized spacial score (nSPS) is 23.5. The summed E-state index contributed by atoms with van der Waals surface area (Å²) in [4.78, 5) is 14.1. The molecule has 0 radical (unpaired) electrons. The Morgan fingerprint density at radius 2 is 2.20 bits per heavy atom. The van der Waals surface area contributed by atoms with E-state index in [1.807, 2.05) is 30.3 Å². The Morgan fingerprint density at radius 1 is 1.45 bits per heavy atom. The highest BCUT2D eigenvalue weighted by atomic mass is 16.5. The minimum atomic E-state index is 0.0353. The highest BCUT2D eigenvalue weighted by Crippen LogP contribution is 2.10. The Kier molecular flexibility index (Phi) is 5.52. The number of carbonyl (C=O) groups is 1. The molecule has 1 aliphatic heterocycles. The van der Waals surface area contributed by atoms with Crippen molar-refractivity contribution in [3.05, 3.63) is 35.9 Å². The van der Waals surface area contributed by atoms with Gasteiger partial charge in [-0.3, -0.25) is 9.69 Å². The van der Waals surface area contributed by atoms with Crippen LogP contribution in [0.2, 0.25) is 0 Å².